The summed E-state index contributed by atoms with van der Waals surface area (Å²) in [7, 11) is 0. The number of carbonyl (C=O) groups is 3. The van der Waals surface area contributed by atoms with Gasteiger partial charge in [0.1, 0.15) is 6.61 Å². The van der Waals surface area contributed by atoms with E-state index in [1.807, 2.05) is 0 Å². The zero-order valence-electron chi connectivity index (χ0n) is 15.1. The zero-order valence-corrected chi connectivity index (χ0v) is 15.1. The number of nitro groups is 1. The van der Waals surface area contributed by atoms with Crippen molar-refractivity contribution in [3.05, 3.63) is 45.5 Å². The number of β-lactam (4-membered cyclic amide) rings is 1. The number of nitro benzene ring substituents is 1. The van der Waals surface area contributed by atoms with E-state index in [4.69, 9.17) is 10.3 Å². The highest BCUT2D eigenvalue weighted by Gasteiger charge is 2.50. The first-order chi connectivity index (χ1) is 13.2. The van der Waals surface area contributed by atoms with Gasteiger partial charge in [-0.15, -0.1) is 0 Å². The molecule has 1 fully saturated rings. The Morgan fingerprint density at radius 1 is 1.36 bits per heavy atom. The Kier molecular flexibility index (Phi) is 6.34. The van der Waals surface area contributed by atoms with E-state index in [0.29, 0.717) is 5.56 Å². The van der Waals surface area contributed by atoms with Crippen molar-refractivity contribution in [3.8, 4) is 0 Å². The molecule has 1 aromatic carbocycles. The normalized spacial score (nSPS) is 20.0. The summed E-state index contributed by atoms with van der Waals surface area (Å²) in [6, 6.07) is 4.54. The molecule has 28 heavy (non-hydrogen) atoms. The first-order valence-electron chi connectivity index (χ1n) is 8.32. The van der Waals surface area contributed by atoms with Crippen LogP contribution in [0.5, 0.6) is 0 Å². The fraction of sp³-hybridized carbons (Fsp3) is 0.412. The maximum Gasteiger partial charge on any atom is 0.441 e. The Morgan fingerprint density at radius 3 is 2.43 bits per heavy atom. The molecule has 148 valence electrons. The van der Waals surface area contributed by atoms with E-state index in [1.54, 1.807) is 0 Å². The summed E-state index contributed by atoms with van der Waals surface area (Å²) < 4.78 is 4.91. The summed E-state index contributed by atoms with van der Waals surface area (Å²) in [5, 5.41) is 22.7. The minimum absolute atomic E-state index is 0.136. The van der Waals surface area contributed by atoms with E-state index in [1.165, 1.54) is 38.1 Å². The van der Waals surface area contributed by atoms with Crippen molar-refractivity contribution in [2.24, 2.45) is 11.8 Å². The summed E-state index contributed by atoms with van der Waals surface area (Å²) in [5.74, 6) is -4.45. The van der Waals surface area contributed by atoms with E-state index in [9.17, 15) is 29.6 Å². The van der Waals surface area contributed by atoms with Gasteiger partial charge in [0.05, 0.1) is 23.0 Å². The number of amides is 1. The average molecular weight is 390 g/mol. The number of hydrogen-bond donors (Lipinski definition) is 2. The first-order valence-corrected chi connectivity index (χ1v) is 8.32. The van der Waals surface area contributed by atoms with Crippen molar-refractivity contribution < 1.29 is 33.9 Å². The third-order valence-electron chi connectivity index (χ3n) is 4.51. The highest BCUT2D eigenvalue weighted by Crippen LogP contribution is 2.27. The second-order valence-electron chi connectivity index (χ2n) is 6.40. The van der Waals surface area contributed by atoms with Crippen molar-refractivity contribution in [2.45, 2.75) is 32.6 Å². The largest absolute Gasteiger partial charge is 0.452 e. The Labute approximate surface area is 159 Å². The van der Waals surface area contributed by atoms with Gasteiger partial charge in [0, 0.05) is 18.1 Å². The predicted molar refractivity (Wildman–Crippen MR) is 92.8 cm³/mol. The molecule has 11 heteroatoms. The van der Waals surface area contributed by atoms with E-state index in [0.717, 1.165) is 0 Å². The molecule has 0 aliphatic carbocycles. The summed E-state index contributed by atoms with van der Waals surface area (Å²) in [6.45, 7) is 2.53. The maximum absolute atomic E-state index is 12.5. The molecule has 0 bridgehead atoms. The number of ketones is 1. The molecule has 4 atom stereocenters. The quantitative estimate of drug-likeness (QED) is 0.0919. The van der Waals surface area contributed by atoms with Gasteiger partial charge in [-0.3, -0.25) is 19.7 Å². The minimum atomic E-state index is -1.20. The second kappa shape index (κ2) is 8.51. The minimum Gasteiger partial charge on any atom is -0.452 e. The van der Waals surface area contributed by atoms with Crippen LogP contribution in [0.1, 0.15) is 19.4 Å². The third kappa shape index (κ3) is 4.27. The van der Waals surface area contributed by atoms with Crippen LogP contribution in [0.4, 0.5) is 5.69 Å². The SMILES string of the molecule is C[C@@H](O)[C@H]1NC(=O)[C@@H]1[C@@H](C)C(=O)C(=[N+]=[N-])C(=O)OCc1ccc([N+](=O)[O-])cc1. The number of nitrogens with zero attached hydrogens (tertiary/aromatic N) is 3. The van der Waals surface area contributed by atoms with Crippen molar-refractivity contribution in [1.29, 1.82) is 0 Å². The summed E-state index contributed by atoms with van der Waals surface area (Å²) in [4.78, 5) is 49.0. The number of nitrogens with one attached hydrogen (secondary N) is 1. The Bertz CT molecular complexity index is 859. The van der Waals surface area contributed by atoms with Gasteiger partial charge in [0.2, 0.25) is 5.91 Å². The molecule has 1 heterocycles. The lowest BCUT2D eigenvalue weighted by atomic mass is 9.75. The number of rotatable bonds is 8. The molecular weight excluding hydrogens is 372 g/mol. The van der Waals surface area contributed by atoms with Gasteiger partial charge in [-0.1, -0.05) is 6.92 Å². The van der Waals surface area contributed by atoms with E-state index >= 15 is 0 Å². The van der Waals surface area contributed by atoms with Crippen LogP contribution in [0, 0.1) is 22.0 Å². The number of ether oxygens (including phenoxy) is 1. The highest BCUT2D eigenvalue weighted by atomic mass is 16.6. The van der Waals surface area contributed by atoms with Crippen LogP contribution in [-0.2, 0) is 25.7 Å². The van der Waals surface area contributed by atoms with E-state index < -0.39 is 52.3 Å². The lowest BCUT2D eigenvalue weighted by molar-refractivity contribution is -0.384. The zero-order chi connectivity index (χ0) is 21.0. The molecule has 2 N–H and O–H groups in total. The van der Waals surface area contributed by atoms with Crippen molar-refractivity contribution >= 4 is 29.1 Å². The Hall–Kier alpha value is -3.43. The summed E-state index contributed by atoms with van der Waals surface area (Å²) in [6.07, 6.45) is -0.901. The molecule has 0 aromatic heterocycles. The van der Waals surface area contributed by atoms with Crippen molar-refractivity contribution in [3.63, 3.8) is 0 Å². The molecule has 2 rings (SSSR count). The third-order valence-corrected chi connectivity index (χ3v) is 4.51. The molecular formula is C17H18N4O7. The van der Waals surface area contributed by atoms with Crippen LogP contribution >= 0.6 is 0 Å². The molecule has 1 aliphatic heterocycles. The first kappa shape index (κ1) is 20.9. The van der Waals surface area contributed by atoms with Crippen LogP contribution in [0.2, 0.25) is 0 Å². The van der Waals surface area contributed by atoms with Gasteiger partial charge >= 0.3 is 11.7 Å². The second-order valence-corrected chi connectivity index (χ2v) is 6.40. The van der Waals surface area contributed by atoms with E-state index in [-0.39, 0.29) is 12.3 Å². The molecule has 1 amide bonds. The molecule has 1 aliphatic rings. The Morgan fingerprint density at radius 2 is 1.96 bits per heavy atom. The van der Waals surface area contributed by atoms with Crippen molar-refractivity contribution in [1.82, 2.24) is 5.32 Å². The monoisotopic (exact) mass is 390 g/mol. The van der Waals surface area contributed by atoms with Gasteiger partial charge in [-0.25, -0.2) is 4.79 Å². The maximum atomic E-state index is 12.5. The topological polar surface area (TPSA) is 172 Å². The highest BCUT2D eigenvalue weighted by molar-refractivity contribution is 6.62. The molecule has 11 nitrogen and oxygen atoms in total. The van der Waals surface area contributed by atoms with Gasteiger partial charge in [-0.2, -0.15) is 4.79 Å². The lowest BCUT2D eigenvalue weighted by Gasteiger charge is -2.40. The summed E-state index contributed by atoms with van der Waals surface area (Å²) >= 11 is 0. The number of non-ortho nitro benzene ring substituents is 1. The number of benzene rings is 1. The number of hydrogen-bond acceptors (Lipinski definition) is 7. The number of esters is 1. The smallest absolute Gasteiger partial charge is 0.441 e. The number of aliphatic hydroxyl groups excluding tert-OH is 1. The lowest BCUT2D eigenvalue weighted by Crippen LogP contribution is -2.66. The fourth-order valence-corrected chi connectivity index (χ4v) is 2.88. The number of aliphatic hydroxyl groups is 1. The van der Waals surface area contributed by atoms with Gasteiger partial charge < -0.3 is 20.7 Å². The van der Waals surface area contributed by atoms with Crippen LogP contribution < -0.4 is 5.32 Å². The fourth-order valence-electron chi connectivity index (χ4n) is 2.88. The number of carbonyl (C=O) groups excluding carboxylic acids is 3. The van der Waals surface area contributed by atoms with Crippen LogP contribution in [0.25, 0.3) is 5.53 Å². The predicted octanol–water partition coefficient (Wildman–Crippen LogP) is 0.00940. The molecule has 1 saturated heterocycles. The van der Waals surface area contributed by atoms with E-state index in [2.05, 4.69) is 10.1 Å². The molecule has 0 spiro atoms. The van der Waals surface area contributed by atoms with Crippen molar-refractivity contribution in [2.75, 3.05) is 0 Å². The number of Topliss-reactive ketones (excluding diaryl/α,β-unsaturated/α-hetero) is 1. The molecule has 1 aromatic rings. The van der Waals surface area contributed by atoms with Crippen LogP contribution in [0.15, 0.2) is 24.3 Å². The summed E-state index contributed by atoms with van der Waals surface area (Å²) in [5.41, 5.74) is 8.47. The van der Waals surface area contributed by atoms with Gasteiger partial charge in [0.15, 0.2) is 0 Å². The Balaban J connectivity index is 2.02. The molecule has 0 unspecified atom stereocenters. The molecule has 0 saturated carbocycles. The van der Waals surface area contributed by atoms with Crippen LogP contribution in [0.3, 0.4) is 0 Å². The van der Waals surface area contributed by atoms with Crippen LogP contribution in [-0.4, -0.2) is 50.3 Å². The van der Waals surface area contributed by atoms with Gasteiger partial charge in [-0.05, 0) is 24.6 Å². The average Bonchev–Trinajstić information content (AvgIpc) is 2.64. The van der Waals surface area contributed by atoms with Gasteiger partial charge in [0.25, 0.3) is 11.5 Å². The molecule has 0 radical (unpaired) electrons. The standard InChI is InChI=1S/C17H18N4O7/c1-8(12-13(9(2)22)19-16(12)24)15(23)14(20-18)17(25)28-7-10-3-5-11(6-4-10)21(26)27/h3-6,8-9,12-13,22H,7H2,1-2H3,(H,19,24)/t8-,9-,12-,13-/m1/s1.